The first kappa shape index (κ1) is 12.8. The molecular weight excluding hydrogens is 214 g/mol. The Morgan fingerprint density at radius 2 is 1.88 bits per heavy atom. The third-order valence-electron chi connectivity index (χ3n) is 3.79. The van der Waals surface area contributed by atoms with Crippen molar-refractivity contribution in [3.8, 4) is 0 Å². The Kier molecular flexibility index (Phi) is 4.80. The highest BCUT2D eigenvalue weighted by Gasteiger charge is 2.27. The Bertz CT molecular complexity index is 245. The van der Waals surface area contributed by atoms with Gasteiger partial charge in [0.1, 0.15) is 0 Å². The molecule has 1 heterocycles. The summed E-state index contributed by atoms with van der Waals surface area (Å²) in [4.78, 5) is 13.8. The quantitative estimate of drug-likeness (QED) is 0.723. The minimum Gasteiger partial charge on any atom is -0.368 e. The maximum atomic E-state index is 11.3. The molecule has 1 aliphatic heterocycles. The predicted molar refractivity (Wildman–Crippen MR) is 68.7 cm³/mol. The van der Waals surface area contributed by atoms with Crippen molar-refractivity contribution in [1.29, 1.82) is 0 Å². The van der Waals surface area contributed by atoms with Gasteiger partial charge in [0.15, 0.2) is 0 Å². The van der Waals surface area contributed by atoms with Crippen LogP contribution in [-0.2, 0) is 4.79 Å². The molecule has 4 nitrogen and oxygen atoms in total. The summed E-state index contributed by atoms with van der Waals surface area (Å²) in [5.41, 5.74) is 5.44. The highest BCUT2D eigenvalue weighted by atomic mass is 16.1. The normalized spacial score (nSPS) is 24.2. The van der Waals surface area contributed by atoms with Crippen LogP contribution in [0.2, 0.25) is 0 Å². The van der Waals surface area contributed by atoms with Crippen LogP contribution in [0.1, 0.15) is 44.9 Å². The summed E-state index contributed by atoms with van der Waals surface area (Å²) in [6.45, 7) is 3.39. The zero-order chi connectivity index (χ0) is 12.1. The van der Waals surface area contributed by atoms with Crippen LogP contribution < -0.4 is 11.1 Å². The SMILES string of the molecule is NC(=O)C(CCN1CCCCCC1)NC1CC1. The second-order valence-corrected chi connectivity index (χ2v) is 5.44. The summed E-state index contributed by atoms with van der Waals surface area (Å²) in [5, 5.41) is 3.34. The van der Waals surface area contributed by atoms with Crippen LogP contribution in [0.15, 0.2) is 0 Å². The van der Waals surface area contributed by atoms with Crippen molar-refractivity contribution < 1.29 is 4.79 Å². The van der Waals surface area contributed by atoms with Gasteiger partial charge in [0, 0.05) is 12.6 Å². The molecule has 1 saturated carbocycles. The molecule has 1 amide bonds. The summed E-state index contributed by atoms with van der Waals surface area (Å²) in [7, 11) is 0. The van der Waals surface area contributed by atoms with E-state index in [2.05, 4.69) is 10.2 Å². The Morgan fingerprint density at radius 1 is 1.24 bits per heavy atom. The number of rotatable bonds is 6. The van der Waals surface area contributed by atoms with Crippen LogP contribution in [0.3, 0.4) is 0 Å². The molecule has 0 radical (unpaired) electrons. The van der Waals surface area contributed by atoms with Crippen LogP contribution in [0.25, 0.3) is 0 Å². The molecule has 0 aromatic carbocycles. The van der Waals surface area contributed by atoms with Gasteiger partial charge in [0.05, 0.1) is 6.04 Å². The fourth-order valence-electron chi connectivity index (χ4n) is 2.51. The number of primary amides is 1. The smallest absolute Gasteiger partial charge is 0.234 e. The first-order valence-corrected chi connectivity index (χ1v) is 7.03. The fourth-order valence-corrected chi connectivity index (χ4v) is 2.51. The second-order valence-electron chi connectivity index (χ2n) is 5.44. The molecule has 3 N–H and O–H groups in total. The van der Waals surface area contributed by atoms with Gasteiger partial charge in [-0.1, -0.05) is 12.8 Å². The summed E-state index contributed by atoms with van der Waals surface area (Å²) < 4.78 is 0. The van der Waals surface area contributed by atoms with Gasteiger partial charge in [0.25, 0.3) is 0 Å². The van der Waals surface area contributed by atoms with E-state index >= 15 is 0 Å². The summed E-state index contributed by atoms with van der Waals surface area (Å²) in [6.07, 6.45) is 8.59. The van der Waals surface area contributed by atoms with Crippen LogP contribution in [0.4, 0.5) is 0 Å². The number of amides is 1. The lowest BCUT2D eigenvalue weighted by atomic mass is 10.2. The van der Waals surface area contributed by atoms with Gasteiger partial charge in [-0.15, -0.1) is 0 Å². The van der Waals surface area contributed by atoms with Gasteiger partial charge in [0.2, 0.25) is 5.91 Å². The Balaban J connectivity index is 1.71. The molecule has 0 aromatic rings. The topological polar surface area (TPSA) is 58.4 Å². The van der Waals surface area contributed by atoms with Gasteiger partial charge in [-0.3, -0.25) is 4.79 Å². The van der Waals surface area contributed by atoms with Crippen molar-refractivity contribution in [2.24, 2.45) is 5.73 Å². The van der Waals surface area contributed by atoms with E-state index in [0.29, 0.717) is 6.04 Å². The standard InChI is InChI=1S/C13H25N3O/c14-13(17)12(15-11-5-6-11)7-10-16-8-3-1-2-4-9-16/h11-12,15H,1-10H2,(H2,14,17). The van der Waals surface area contributed by atoms with E-state index in [-0.39, 0.29) is 11.9 Å². The lowest BCUT2D eigenvalue weighted by molar-refractivity contribution is -0.120. The Labute approximate surface area is 104 Å². The molecule has 1 saturated heterocycles. The van der Waals surface area contributed by atoms with Crippen LogP contribution >= 0.6 is 0 Å². The number of likely N-dealkylation sites (tertiary alicyclic amines) is 1. The molecule has 2 fully saturated rings. The number of nitrogens with zero attached hydrogens (tertiary/aromatic N) is 1. The maximum Gasteiger partial charge on any atom is 0.234 e. The van der Waals surface area contributed by atoms with E-state index in [0.717, 1.165) is 13.0 Å². The van der Waals surface area contributed by atoms with Crippen molar-refractivity contribution >= 4 is 5.91 Å². The van der Waals surface area contributed by atoms with Crippen molar-refractivity contribution in [1.82, 2.24) is 10.2 Å². The van der Waals surface area contributed by atoms with E-state index in [1.165, 1.54) is 51.6 Å². The van der Waals surface area contributed by atoms with Crippen molar-refractivity contribution in [2.45, 2.75) is 57.0 Å². The zero-order valence-electron chi connectivity index (χ0n) is 10.7. The summed E-state index contributed by atoms with van der Waals surface area (Å²) in [6, 6.07) is 0.433. The van der Waals surface area contributed by atoms with Crippen LogP contribution in [0.5, 0.6) is 0 Å². The highest BCUT2D eigenvalue weighted by Crippen LogP contribution is 2.20. The molecule has 98 valence electrons. The van der Waals surface area contributed by atoms with E-state index in [1.807, 2.05) is 0 Å². The summed E-state index contributed by atoms with van der Waals surface area (Å²) in [5.74, 6) is -0.188. The van der Waals surface area contributed by atoms with Crippen molar-refractivity contribution in [2.75, 3.05) is 19.6 Å². The molecule has 17 heavy (non-hydrogen) atoms. The number of nitrogens with two attached hydrogens (primary N) is 1. The second kappa shape index (κ2) is 6.36. The molecule has 0 aromatic heterocycles. The van der Waals surface area contributed by atoms with Gasteiger partial charge in [-0.2, -0.15) is 0 Å². The third-order valence-corrected chi connectivity index (χ3v) is 3.79. The monoisotopic (exact) mass is 239 g/mol. The van der Waals surface area contributed by atoms with Gasteiger partial charge < -0.3 is 16.0 Å². The fraction of sp³-hybridized carbons (Fsp3) is 0.923. The molecule has 1 aliphatic carbocycles. The van der Waals surface area contributed by atoms with Gasteiger partial charge in [-0.05, 0) is 45.2 Å². The van der Waals surface area contributed by atoms with E-state index in [4.69, 9.17) is 5.73 Å². The number of nitrogens with one attached hydrogen (secondary N) is 1. The first-order chi connectivity index (χ1) is 8.25. The maximum absolute atomic E-state index is 11.3. The average Bonchev–Trinajstić information content (AvgIpc) is 3.11. The Morgan fingerprint density at radius 3 is 2.41 bits per heavy atom. The molecular formula is C13H25N3O. The van der Waals surface area contributed by atoms with E-state index in [9.17, 15) is 4.79 Å². The van der Waals surface area contributed by atoms with E-state index < -0.39 is 0 Å². The predicted octanol–water partition coefficient (Wildman–Crippen LogP) is 0.858. The molecule has 4 heteroatoms. The highest BCUT2D eigenvalue weighted by molar-refractivity contribution is 5.79. The van der Waals surface area contributed by atoms with Gasteiger partial charge >= 0.3 is 0 Å². The zero-order valence-corrected chi connectivity index (χ0v) is 10.7. The van der Waals surface area contributed by atoms with Crippen LogP contribution in [0, 0.1) is 0 Å². The molecule has 0 spiro atoms. The average molecular weight is 239 g/mol. The molecule has 1 atom stereocenters. The molecule has 1 unspecified atom stereocenters. The number of carbonyl (C=O) groups is 1. The molecule has 0 bridgehead atoms. The first-order valence-electron chi connectivity index (χ1n) is 7.03. The van der Waals surface area contributed by atoms with E-state index in [1.54, 1.807) is 0 Å². The number of carbonyl (C=O) groups excluding carboxylic acids is 1. The lowest BCUT2D eigenvalue weighted by Gasteiger charge is -2.22. The van der Waals surface area contributed by atoms with Crippen molar-refractivity contribution in [3.05, 3.63) is 0 Å². The van der Waals surface area contributed by atoms with Crippen molar-refractivity contribution in [3.63, 3.8) is 0 Å². The summed E-state index contributed by atoms with van der Waals surface area (Å²) >= 11 is 0. The number of hydrogen-bond donors (Lipinski definition) is 2. The van der Waals surface area contributed by atoms with Gasteiger partial charge in [-0.25, -0.2) is 0 Å². The Hall–Kier alpha value is -0.610. The largest absolute Gasteiger partial charge is 0.368 e. The third kappa shape index (κ3) is 4.64. The minimum atomic E-state index is -0.188. The minimum absolute atomic E-state index is 0.120. The molecule has 2 rings (SSSR count). The van der Waals surface area contributed by atoms with Crippen LogP contribution in [-0.4, -0.2) is 42.5 Å². The lowest BCUT2D eigenvalue weighted by Crippen LogP contribution is -2.44. The number of hydrogen-bond acceptors (Lipinski definition) is 3. The molecule has 2 aliphatic rings.